The summed E-state index contributed by atoms with van der Waals surface area (Å²) in [5, 5.41) is 16.3. The number of nitrogens with one attached hydrogen (secondary N) is 1. The lowest BCUT2D eigenvalue weighted by molar-refractivity contribution is 0.0901. The number of hydrogen-bond donors (Lipinski definition) is 2. The van der Waals surface area contributed by atoms with E-state index in [9.17, 15) is 18.7 Å². The Kier molecular flexibility index (Phi) is 4.80. The molecular weight excluding hydrogens is 330 g/mol. The average Bonchev–Trinajstić information content (AvgIpc) is 3.10. The molecular formula is C17H14F2N4O2. The number of halogens is 2. The first-order chi connectivity index (χ1) is 12.1. The molecule has 0 aliphatic carbocycles. The molecule has 8 heteroatoms. The van der Waals surface area contributed by atoms with Crippen LogP contribution in [0.1, 0.15) is 22.3 Å². The molecule has 0 spiro atoms. The zero-order chi connectivity index (χ0) is 17.8. The van der Waals surface area contributed by atoms with Gasteiger partial charge < -0.3 is 10.4 Å². The van der Waals surface area contributed by atoms with Crippen molar-refractivity contribution in [3.8, 4) is 5.69 Å². The first-order valence-corrected chi connectivity index (χ1v) is 7.43. The van der Waals surface area contributed by atoms with Gasteiger partial charge in [0.15, 0.2) is 0 Å². The van der Waals surface area contributed by atoms with Crippen LogP contribution in [0.25, 0.3) is 5.69 Å². The van der Waals surface area contributed by atoms with Crippen LogP contribution in [0.4, 0.5) is 8.78 Å². The first-order valence-electron chi connectivity index (χ1n) is 7.43. The van der Waals surface area contributed by atoms with Crippen LogP contribution >= 0.6 is 0 Å². The maximum absolute atomic E-state index is 13.6. The van der Waals surface area contributed by atoms with E-state index in [1.807, 2.05) is 18.2 Å². The van der Waals surface area contributed by atoms with Crippen molar-refractivity contribution in [3.63, 3.8) is 0 Å². The Morgan fingerprint density at radius 1 is 1.12 bits per heavy atom. The summed E-state index contributed by atoms with van der Waals surface area (Å²) in [6.07, 6.45) is -0.154. The molecule has 2 N–H and O–H groups in total. The fraction of sp³-hybridized carbons (Fsp3) is 0.118. The van der Waals surface area contributed by atoms with Crippen molar-refractivity contribution in [1.82, 2.24) is 20.1 Å². The van der Waals surface area contributed by atoms with E-state index < -0.39 is 29.2 Å². The molecule has 0 aliphatic heterocycles. The molecule has 0 saturated carbocycles. The van der Waals surface area contributed by atoms with Crippen LogP contribution in [0.15, 0.2) is 54.9 Å². The van der Waals surface area contributed by atoms with Crippen molar-refractivity contribution in [3.05, 3.63) is 77.9 Å². The Morgan fingerprint density at radius 3 is 2.48 bits per heavy atom. The van der Waals surface area contributed by atoms with Gasteiger partial charge in [-0.3, -0.25) is 4.79 Å². The summed E-state index contributed by atoms with van der Waals surface area (Å²) in [5.74, 6) is -2.54. The highest BCUT2D eigenvalue weighted by Gasteiger charge is 2.20. The number of aliphatic hydroxyl groups is 1. The summed E-state index contributed by atoms with van der Waals surface area (Å²) in [6, 6.07) is 12.3. The molecule has 2 aromatic carbocycles. The Bertz CT molecular complexity index is 863. The second kappa shape index (κ2) is 7.18. The van der Waals surface area contributed by atoms with Gasteiger partial charge in [0.05, 0.1) is 11.3 Å². The van der Waals surface area contributed by atoms with Gasteiger partial charge in [-0.15, -0.1) is 5.10 Å². The van der Waals surface area contributed by atoms with Crippen molar-refractivity contribution < 1.29 is 18.7 Å². The molecule has 25 heavy (non-hydrogen) atoms. The molecule has 1 atom stereocenters. The zero-order valence-electron chi connectivity index (χ0n) is 12.9. The van der Waals surface area contributed by atoms with E-state index in [0.717, 1.165) is 17.8 Å². The molecule has 1 heterocycles. The first kappa shape index (κ1) is 16.7. The van der Waals surface area contributed by atoms with E-state index in [4.69, 9.17) is 0 Å². The normalized spacial score (nSPS) is 12.0. The molecule has 0 saturated heterocycles. The number of carbonyl (C=O) groups is 1. The van der Waals surface area contributed by atoms with Crippen LogP contribution in [0.5, 0.6) is 0 Å². The molecule has 1 amide bonds. The third-order valence-electron chi connectivity index (χ3n) is 3.50. The maximum atomic E-state index is 13.6. The summed E-state index contributed by atoms with van der Waals surface area (Å²) < 4.78 is 28.6. The van der Waals surface area contributed by atoms with Crippen molar-refractivity contribution in [1.29, 1.82) is 0 Å². The summed E-state index contributed by atoms with van der Waals surface area (Å²) >= 11 is 0. The van der Waals surface area contributed by atoms with Crippen molar-refractivity contribution in [2.45, 2.75) is 6.10 Å². The summed E-state index contributed by atoms with van der Waals surface area (Å²) in [6.45, 7) is -0.378. The molecule has 1 aromatic heterocycles. The minimum Gasteiger partial charge on any atom is -0.386 e. The van der Waals surface area contributed by atoms with Crippen molar-refractivity contribution >= 4 is 5.91 Å². The Labute approximate surface area is 141 Å². The molecule has 3 rings (SSSR count). The topological polar surface area (TPSA) is 80.0 Å². The quantitative estimate of drug-likeness (QED) is 0.742. The minimum atomic E-state index is -1.53. The molecule has 6 nitrogen and oxygen atoms in total. The molecule has 3 aromatic rings. The van der Waals surface area contributed by atoms with Crippen LogP contribution in [0, 0.1) is 11.6 Å². The highest BCUT2D eigenvalue weighted by molar-refractivity contribution is 5.90. The van der Waals surface area contributed by atoms with Gasteiger partial charge in [-0.25, -0.2) is 18.4 Å². The van der Waals surface area contributed by atoms with Gasteiger partial charge in [-0.05, 0) is 24.3 Å². The summed E-state index contributed by atoms with van der Waals surface area (Å²) in [5.41, 5.74) is 0.230. The SMILES string of the molecule is O=C(NCC(O)c1c(F)cccc1F)c1ncn(-c2ccccc2)n1. The number of aromatic nitrogens is 3. The summed E-state index contributed by atoms with van der Waals surface area (Å²) in [7, 11) is 0. The number of hydrogen-bond acceptors (Lipinski definition) is 4. The predicted octanol–water partition coefficient (Wildman–Crippen LogP) is 2.01. The standard InChI is InChI=1S/C17H14F2N4O2/c18-12-7-4-8-13(19)15(12)14(24)9-20-17(25)16-21-10-23(22-16)11-5-2-1-3-6-11/h1-8,10,14,24H,9H2,(H,20,25). The number of nitrogens with zero attached hydrogens (tertiary/aromatic N) is 3. The fourth-order valence-electron chi connectivity index (χ4n) is 2.27. The second-order valence-electron chi connectivity index (χ2n) is 5.21. The van der Waals surface area contributed by atoms with E-state index in [1.165, 1.54) is 17.1 Å². The molecule has 0 aliphatic rings. The lowest BCUT2D eigenvalue weighted by Gasteiger charge is -2.13. The Hall–Kier alpha value is -3.13. The fourth-order valence-corrected chi connectivity index (χ4v) is 2.27. The van der Waals surface area contributed by atoms with E-state index in [-0.39, 0.29) is 12.4 Å². The van der Waals surface area contributed by atoms with Crippen LogP contribution in [-0.2, 0) is 0 Å². The minimum absolute atomic E-state index is 0.120. The number of rotatable bonds is 5. The molecule has 0 fully saturated rings. The van der Waals surface area contributed by atoms with E-state index >= 15 is 0 Å². The smallest absolute Gasteiger partial charge is 0.291 e. The van der Waals surface area contributed by atoms with Gasteiger partial charge in [-0.1, -0.05) is 24.3 Å². The van der Waals surface area contributed by atoms with Gasteiger partial charge in [0.1, 0.15) is 24.1 Å². The van der Waals surface area contributed by atoms with Crippen LogP contribution in [0.3, 0.4) is 0 Å². The monoisotopic (exact) mass is 344 g/mol. The number of carbonyl (C=O) groups excluding carboxylic acids is 1. The lowest BCUT2D eigenvalue weighted by atomic mass is 10.1. The maximum Gasteiger partial charge on any atom is 0.291 e. The Balaban J connectivity index is 1.66. The highest BCUT2D eigenvalue weighted by Crippen LogP contribution is 2.20. The molecule has 128 valence electrons. The molecule has 1 unspecified atom stereocenters. The van der Waals surface area contributed by atoms with Crippen LogP contribution < -0.4 is 5.32 Å². The number of benzene rings is 2. The largest absolute Gasteiger partial charge is 0.386 e. The predicted molar refractivity (Wildman–Crippen MR) is 85.0 cm³/mol. The molecule has 0 bridgehead atoms. The van der Waals surface area contributed by atoms with Gasteiger partial charge in [0.25, 0.3) is 5.91 Å². The van der Waals surface area contributed by atoms with Crippen LogP contribution in [-0.4, -0.2) is 32.3 Å². The van der Waals surface area contributed by atoms with Crippen molar-refractivity contribution in [2.75, 3.05) is 6.54 Å². The average molecular weight is 344 g/mol. The second-order valence-corrected chi connectivity index (χ2v) is 5.21. The van der Waals surface area contributed by atoms with Gasteiger partial charge in [0, 0.05) is 6.54 Å². The summed E-state index contributed by atoms with van der Waals surface area (Å²) in [4.78, 5) is 15.9. The Morgan fingerprint density at radius 2 is 1.80 bits per heavy atom. The number of amides is 1. The lowest BCUT2D eigenvalue weighted by Crippen LogP contribution is -2.30. The zero-order valence-corrected chi connectivity index (χ0v) is 12.9. The third kappa shape index (κ3) is 3.69. The third-order valence-corrected chi connectivity index (χ3v) is 3.50. The van der Waals surface area contributed by atoms with Gasteiger partial charge >= 0.3 is 0 Å². The molecule has 0 radical (unpaired) electrons. The van der Waals surface area contributed by atoms with E-state index in [2.05, 4.69) is 15.4 Å². The number of para-hydroxylation sites is 1. The van der Waals surface area contributed by atoms with Crippen molar-refractivity contribution in [2.24, 2.45) is 0 Å². The van der Waals surface area contributed by atoms with Crippen LogP contribution in [0.2, 0.25) is 0 Å². The van der Waals surface area contributed by atoms with Gasteiger partial charge in [0.2, 0.25) is 5.82 Å². The number of aliphatic hydroxyl groups excluding tert-OH is 1. The van der Waals surface area contributed by atoms with Gasteiger partial charge in [-0.2, -0.15) is 0 Å². The van der Waals surface area contributed by atoms with E-state index in [1.54, 1.807) is 12.1 Å². The highest BCUT2D eigenvalue weighted by atomic mass is 19.1. The van der Waals surface area contributed by atoms with E-state index in [0.29, 0.717) is 0 Å².